The molecule has 2 aromatic rings. The zero-order valence-corrected chi connectivity index (χ0v) is 20.3. The third kappa shape index (κ3) is 5.31. The lowest BCUT2D eigenvalue weighted by atomic mass is 9.94. The summed E-state index contributed by atoms with van der Waals surface area (Å²) < 4.78 is 11.1. The standard InChI is InChI=1S/C28H32N2O5/c1-4-15-35-23-10-9-22(18-20(23)3)26(31)24-25(21-7-5-19(2)6-8-21)30(28(33)27(24)32)12-11-29-13-16-34-17-14-29/h4-10,18,25,31H,1,11-17H2,2-3H3/t25-/m0/s1. The van der Waals surface area contributed by atoms with E-state index in [2.05, 4.69) is 11.5 Å². The molecule has 7 heteroatoms. The van der Waals surface area contributed by atoms with Gasteiger partial charge in [-0.2, -0.15) is 0 Å². The number of amides is 1. The summed E-state index contributed by atoms with van der Waals surface area (Å²) in [4.78, 5) is 30.2. The van der Waals surface area contributed by atoms with Gasteiger partial charge in [-0.05, 0) is 43.2 Å². The number of carbonyl (C=O) groups is 2. The summed E-state index contributed by atoms with van der Waals surface area (Å²) in [5.74, 6) is -0.767. The largest absolute Gasteiger partial charge is 0.507 e. The van der Waals surface area contributed by atoms with Gasteiger partial charge in [0, 0.05) is 31.7 Å². The summed E-state index contributed by atoms with van der Waals surface area (Å²) in [5.41, 5.74) is 3.26. The molecule has 0 aliphatic carbocycles. The van der Waals surface area contributed by atoms with Gasteiger partial charge in [-0.25, -0.2) is 0 Å². The molecule has 184 valence electrons. The number of carbonyl (C=O) groups excluding carboxylic acids is 2. The molecular formula is C28H32N2O5. The second kappa shape index (κ2) is 10.9. The number of aliphatic hydroxyl groups excluding tert-OH is 1. The number of ether oxygens (including phenoxy) is 2. The van der Waals surface area contributed by atoms with E-state index in [9.17, 15) is 14.7 Å². The minimum Gasteiger partial charge on any atom is -0.507 e. The van der Waals surface area contributed by atoms with Crippen LogP contribution in [0.1, 0.15) is 28.3 Å². The van der Waals surface area contributed by atoms with E-state index < -0.39 is 17.7 Å². The van der Waals surface area contributed by atoms with Gasteiger partial charge in [0.05, 0.1) is 24.8 Å². The minimum absolute atomic E-state index is 0.111. The van der Waals surface area contributed by atoms with Crippen molar-refractivity contribution in [3.8, 4) is 5.75 Å². The number of hydrogen-bond donors (Lipinski definition) is 1. The lowest BCUT2D eigenvalue weighted by molar-refractivity contribution is -0.140. The van der Waals surface area contributed by atoms with E-state index in [1.54, 1.807) is 29.2 Å². The first-order valence-corrected chi connectivity index (χ1v) is 11.9. The fraction of sp³-hybridized carbons (Fsp3) is 0.357. The van der Waals surface area contributed by atoms with E-state index in [4.69, 9.17) is 9.47 Å². The van der Waals surface area contributed by atoms with Gasteiger partial charge in [-0.3, -0.25) is 14.5 Å². The van der Waals surface area contributed by atoms with Crippen LogP contribution >= 0.6 is 0 Å². The van der Waals surface area contributed by atoms with Crippen molar-refractivity contribution in [2.45, 2.75) is 19.9 Å². The van der Waals surface area contributed by atoms with Gasteiger partial charge in [0.1, 0.15) is 18.1 Å². The van der Waals surface area contributed by atoms with Crippen molar-refractivity contribution >= 4 is 17.4 Å². The predicted octanol–water partition coefficient (Wildman–Crippen LogP) is 3.62. The van der Waals surface area contributed by atoms with Crippen molar-refractivity contribution in [2.24, 2.45) is 0 Å². The normalized spacial score (nSPS) is 20.3. The van der Waals surface area contributed by atoms with Gasteiger partial charge in [-0.15, -0.1) is 0 Å². The molecule has 1 atom stereocenters. The number of aryl methyl sites for hydroxylation is 2. The topological polar surface area (TPSA) is 79.3 Å². The zero-order valence-electron chi connectivity index (χ0n) is 20.3. The lowest BCUT2D eigenvalue weighted by Crippen LogP contribution is -2.42. The molecule has 2 aliphatic rings. The lowest BCUT2D eigenvalue weighted by Gasteiger charge is -2.31. The van der Waals surface area contributed by atoms with Crippen molar-refractivity contribution < 1.29 is 24.2 Å². The molecule has 0 saturated carbocycles. The number of Topliss-reactive ketones (excluding diaryl/α,β-unsaturated/α-hetero) is 1. The van der Waals surface area contributed by atoms with Crippen LogP contribution < -0.4 is 4.74 Å². The molecule has 7 nitrogen and oxygen atoms in total. The van der Waals surface area contributed by atoms with Crippen molar-refractivity contribution in [1.82, 2.24) is 9.80 Å². The smallest absolute Gasteiger partial charge is 0.295 e. The number of nitrogens with zero attached hydrogens (tertiary/aromatic N) is 2. The number of rotatable bonds is 8. The fourth-order valence-corrected chi connectivity index (χ4v) is 4.54. The molecule has 2 aromatic carbocycles. The Balaban J connectivity index is 1.71. The summed E-state index contributed by atoms with van der Waals surface area (Å²) in [6.45, 7) is 11.8. The van der Waals surface area contributed by atoms with E-state index in [0.29, 0.717) is 44.2 Å². The molecule has 4 rings (SSSR count). The van der Waals surface area contributed by atoms with Crippen LogP contribution in [0.5, 0.6) is 5.75 Å². The number of morpholine rings is 1. The van der Waals surface area contributed by atoms with Crippen molar-refractivity contribution in [3.05, 3.63) is 82.9 Å². The Hall–Kier alpha value is -3.42. The number of hydrogen-bond acceptors (Lipinski definition) is 6. The molecule has 0 aromatic heterocycles. The Morgan fingerprint density at radius 2 is 1.83 bits per heavy atom. The summed E-state index contributed by atoms with van der Waals surface area (Å²) in [5, 5.41) is 11.3. The van der Waals surface area contributed by atoms with E-state index >= 15 is 0 Å². The van der Waals surface area contributed by atoms with Gasteiger partial charge in [0.15, 0.2) is 0 Å². The van der Waals surface area contributed by atoms with Crippen LogP contribution in [0.25, 0.3) is 5.76 Å². The SMILES string of the molecule is C=CCOc1ccc(C(O)=C2C(=O)C(=O)N(CCN3CCOCC3)[C@H]2c2ccc(C)cc2)cc1C. The van der Waals surface area contributed by atoms with Gasteiger partial charge in [0.25, 0.3) is 11.7 Å². The zero-order chi connectivity index (χ0) is 24.9. The average Bonchev–Trinajstić information content (AvgIpc) is 3.12. The molecule has 0 spiro atoms. The highest BCUT2D eigenvalue weighted by atomic mass is 16.5. The number of likely N-dealkylation sites (tertiary alicyclic amines) is 1. The number of ketones is 1. The molecule has 35 heavy (non-hydrogen) atoms. The van der Waals surface area contributed by atoms with Gasteiger partial charge in [-0.1, -0.05) is 42.5 Å². The molecule has 1 amide bonds. The maximum absolute atomic E-state index is 13.2. The molecule has 0 bridgehead atoms. The summed E-state index contributed by atoms with van der Waals surface area (Å²) in [6, 6.07) is 12.3. The van der Waals surface area contributed by atoms with E-state index in [-0.39, 0.29) is 11.3 Å². The second-order valence-corrected chi connectivity index (χ2v) is 8.94. The van der Waals surface area contributed by atoms with Crippen molar-refractivity contribution in [3.63, 3.8) is 0 Å². The molecule has 0 unspecified atom stereocenters. The van der Waals surface area contributed by atoms with Crippen LogP contribution in [0.15, 0.2) is 60.7 Å². The third-order valence-electron chi connectivity index (χ3n) is 6.50. The first kappa shape index (κ1) is 24.7. The highest BCUT2D eigenvalue weighted by molar-refractivity contribution is 6.46. The molecule has 2 heterocycles. The van der Waals surface area contributed by atoms with Crippen molar-refractivity contribution in [1.29, 1.82) is 0 Å². The maximum atomic E-state index is 13.2. The first-order chi connectivity index (χ1) is 16.9. The van der Waals surface area contributed by atoms with Gasteiger partial charge in [0.2, 0.25) is 0 Å². The summed E-state index contributed by atoms with van der Waals surface area (Å²) in [6.07, 6.45) is 1.66. The maximum Gasteiger partial charge on any atom is 0.295 e. The monoisotopic (exact) mass is 476 g/mol. The number of aliphatic hydroxyl groups is 1. The Bertz CT molecular complexity index is 1130. The van der Waals surface area contributed by atoms with E-state index in [1.165, 1.54) is 0 Å². The second-order valence-electron chi connectivity index (χ2n) is 8.94. The molecule has 1 N–H and O–H groups in total. The Morgan fingerprint density at radius 1 is 1.11 bits per heavy atom. The molecule has 2 fully saturated rings. The third-order valence-corrected chi connectivity index (χ3v) is 6.50. The quantitative estimate of drug-likeness (QED) is 0.271. The predicted molar refractivity (Wildman–Crippen MR) is 134 cm³/mol. The summed E-state index contributed by atoms with van der Waals surface area (Å²) >= 11 is 0. The molecule has 2 aliphatic heterocycles. The van der Waals surface area contributed by atoms with Crippen LogP contribution in [-0.4, -0.2) is 72.6 Å². The van der Waals surface area contributed by atoms with Crippen LogP contribution in [0.3, 0.4) is 0 Å². The van der Waals surface area contributed by atoms with Crippen molar-refractivity contribution in [2.75, 3.05) is 46.0 Å². The molecule has 2 saturated heterocycles. The Morgan fingerprint density at radius 3 is 2.49 bits per heavy atom. The fourth-order valence-electron chi connectivity index (χ4n) is 4.54. The van der Waals surface area contributed by atoms with Crippen LogP contribution in [-0.2, 0) is 14.3 Å². The van der Waals surface area contributed by atoms with Gasteiger partial charge >= 0.3 is 0 Å². The minimum atomic E-state index is -0.667. The van der Waals surface area contributed by atoms with Crippen LogP contribution in [0.2, 0.25) is 0 Å². The summed E-state index contributed by atoms with van der Waals surface area (Å²) in [7, 11) is 0. The van der Waals surface area contributed by atoms with Gasteiger partial charge < -0.3 is 19.5 Å². The van der Waals surface area contributed by atoms with Crippen LogP contribution in [0, 0.1) is 13.8 Å². The average molecular weight is 477 g/mol. The highest BCUT2D eigenvalue weighted by Crippen LogP contribution is 2.39. The molecule has 0 radical (unpaired) electrons. The first-order valence-electron chi connectivity index (χ1n) is 11.9. The van der Waals surface area contributed by atoms with E-state index in [0.717, 1.165) is 29.8 Å². The Kier molecular flexibility index (Phi) is 7.68. The molecular weight excluding hydrogens is 444 g/mol. The Labute approximate surface area is 206 Å². The van der Waals surface area contributed by atoms with E-state index in [1.807, 2.05) is 38.1 Å². The number of benzene rings is 2. The highest BCUT2D eigenvalue weighted by Gasteiger charge is 2.46. The van der Waals surface area contributed by atoms with Crippen LogP contribution in [0.4, 0.5) is 0 Å².